The maximum Gasteiger partial charge on any atom is 0.0785 e. The molecule has 1 fully saturated rings. The molecule has 0 aromatic rings. The Morgan fingerprint density at radius 2 is 1.70 bits per heavy atom. The van der Waals surface area contributed by atoms with E-state index in [-0.39, 0.29) is 0 Å². The first-order valence-electron chi connectivity index (χ1n) is 4.03. The van der Waals surface area contributed by atoms with E-state index in [1.165, 1.54) is 38.9 Å². The Kier molecular flexibility index (Phi) is 6.93. The van der Waals surface area contributed by atoms with Crippen LogP contribution in [-0.4, -0.2) is 31.7 Å². The minimum absolute atomic E-state index is 0.500. The summed E-state index contributed by atoms with van der Waals surface area (Å²) in [5.41, 5.74) is 0. The fraction of sp³-hybridized carbons (Fsp3) is 1.00. The Bertz CT molecular complexity index is 60.3. The van der Waals surface area contributed by atoms with Crippen molar-refractivity contribution < 1.29 is 4.39 Å². The highest BCUT2D eigenvalue weighted by atomic mass is 19.1. The van der Waals surface area contributed by atoms with Gasteiger partial charge in [0, 0.05) is 0 Å². The van der Waals surface area contributed by atoms with Crippen LogP contribution in [0.15, 0.2) is 0 Å². The van der Waals surface area contributed by atoms with Crippen molar-refractivity contribution in [3.63, 3.8) is 0 Å². The smallest absolute Gasteiger partial charge is 0.0785 e. The molecule has 0 aliphatic carbocycles. The Morgan fingerprint density at radius 1 is 1.20 bits per heavy atom. The number of rotatable bonds is 2. The van der Waals surface area contributed by atoms with Gasteiger partial charge in [-0.05, 0) is 38.9 Å². The first kappa shape index (κ1) is 9.89. The van der Waals surface area contributed by atoms with Crippen LogP contribution in [0.25, 0.3) is 0 Å². The first-order valence-corrected chi connectivity index (χ1v) is 4.03. The topological polar surface area (TPSA) is 3.24 Å². The third-order valence-electron chi connectivity index (χ3n) is 1.74. The van der Waals surface area contributed by atoms with Gasteiger partial charge in [0.15, 0.2) is 0 Å². The minimum atomic E-state index is 0.500. The molecule has 0 saturated carbocycles. The Morgan fingerprint density at radius 3 is 2.10 bits per heavy atom. The van der Waals surface area contributed by atoms with Gasteiger partial charge in [-0.3, -0.25) is 4.39 Å². The minimum Gasteiger partial charge on any atom is -0.303 e. The average Bonchev–Trinajstić information content (AvgIpc) is 2.46. The average molecular weight is 147 g/mol. The number of halogens is 1. The molecule has 1 aliphatic rings. The van der Waals surface area contributed by atoms with Crippen LogP contribution in [-0.2, 0) is 0 Å². The maximum absolute atomic E-state index is 9.50. The number of alkyl halides is 1. The number of hydrogen-bond acceptors (Lipinski definition) is 1. The number of nitrogens with zero attached hydrogens (tertiary/aromatic N) is 1. The highest BCUT2D eigenvalue weighted by Crippen LogP contribution is 2.06. The fourth-order valence-corrected chi connectivity index (χ4v) is 1.32. The molecule has 1 saturated heterocycles. The molecule has 0 atom stereocenters. The van der Waals surface area contributed by atoms with Crippen LogP contribution in [0.5, 0.6) is 0 Å². The third-order valence-corrected chi connectivity index (χ3v) is 1.74. The van der Waals surface area contributed by atoms with Gasteiger partial charge in [-0.1, -0.05) is 6.92 Å². The largest absolute Gasteiger partial charge is 0.303 e. The normalized spacial score (nSPS) is 18.3. The highest BCUT2D eigenvalue weighted by Gasteiger charge is 2.08. The number of hydrogen-bond donors (Lipinski definition) is 0. The van der Waals surface area contributed by atoms with Crippen LogP contribution in [0, 0.1) is 0 Å². The summed E-state index contributed by atoms with van der Waals surface area (Å²) in [5.74, 6) is 0. The summed E-state index contributed by atoms with van der Waals surface area (Å²) in [5, 5.41) is 0. The molecule has 0 aromatic heterocycles. The van der Waals surface area contributed by atoms with Crippen molar-refractivity contribution in [3.05, 3.63) is 0 Å². The summed E-state index contributed by atoms with van der Waals surface area (Å²) in [6, 6.07) is 0. The first-order chi connectivity index (χ1) is 4.93. The summed E-state index contributed by atoms with van der Waals surface area (Å²) in [6.07, 6.45) is 4.18. The summed E-state index contributed by atoms with van der Waals surface area (Å²) < 4.78 is 9.50. The van der Waals surface area contributed by atoms with Crippen LogP contribution in [0.3, 0.4) is 0 Å². The lowest BCUT2D eigenvalue weighted by Gasteiger charge is -2.11. The maximum atomic E-state index is 9.50. The molecule has 0 N–H and O–H groups in total. The second kappa shape index (κ2) is 7.00. The van der Waals surface area contributed by atoms with Gasteiger partial charge in [0.2, 0.25) is 0 Å². The van der Waals surface area contributed by atoms with E-state index in [9.17, 15) is 4.39 Å². The van der Waals surface area contributed by atoms with Crippen LogP contribution in [0.4, 0.5) is 4.39 Å². The third kappa shape index (κ3) is 3.83. The van der Waals surface area contributed by atoms with Crippen LogP contribution in [0.1, 0.15) is 26.2 Å². The predicted octanol–water partition coefficient (Wildman–Crippen LogP) is 2.08. The van der Waals surface area contributed by atoms with E-state index in [4.69, 9.17) is 0 Å². The van der Waals surface area contributed by atoms with Crippen LogP contribution >= 0.6 is 0 Å². The molecule has 0 spiro atoms. The van der Waals surface area contributed by atoms with Gasteiger partial charge in [-0.15, -0.1) is 0 Å². The quantitative estimate of drug-likeness (QED) is 0.578. The van der Waals surface area contributed by atoms with Crippen molar-refractivity contribution >= 4 is 0 Å². The molecule has 1 heterocycles. The number of likely N-dealkylation sites (tertiary alicyclic amines) is 1. The van der Waals surface area contributed by atoms with Crippen molar-refractivity contribution in [2.24, 2.45) is 0 Å². The lowest BCUT2D eigenvalue weighted by molar-refractivity contribution is 0.339. The molecule has 10 heavy (non-hydrogen) atoms. The zero-order valence-electron chi connectivity index (χ0n) is 7.07. The van der Waals surface area contributed by atoms with E-state index in [1.54, 1.807) is 0 Å². The standard InChI is InChI=1S/C7H15N.CH3F/c1-2-5-8-6-3-4-7-8;1-2/h2-7H2,1H3;1H3. The molecule has 2 heteroatoms. The summed E-state index contributed by atoms with van der Waals surface area (Å²) in [7, 11) is 0.500. The Balaban J connectivity index is 0.000000371. The van der Waals surface area contributed by atoms with Crippen molar-refractivity contribution in [2.75, 3.05) is 26.8 Å². The van der Waals surface area contributed by atoms with Crippen molar-refractivity contribution in [3.8, 4) is 0 Å². The van der Waals surface area contributed by atoms with Crippen LogP contribution in [0.2, 0.25) is 0 Å². The monoisotopic (exact) mass is 147 g/mol. The molecule has 0 bridgehead atoms. The van der Waals surface area contributed by atoms with Gasteiger partial charge < -0.3 is 4.90 Å². The predicted molar refractivity (Wildman–Crippen MR) is 43.0 cm³/mol. The highest BCUT2D eigenvalue weighted by molar-refractivity contribution is 4.64. The van der Waals surface area contributed by atoms with E-state index >= 15 is 0 Å². The molecule has 1 rings (SSSR count). The SMILES string of the molecule is CCCN1CCCC1.CF. The molecular formula is C8H18FN. The van der Waals surface area contributed by atoms with Gasteiger partial charge in [-0.2, -0.15) is 0 Å². The second-order valence-electron chi connectivity index (χ2n) is 2.55. The molecule has 0 unspecified atom stereocenters. The van der Waals surface area contributed by atoms with Gasteiger partial charge in [0.05, 0.1) is 7.18 Å². The summed E-state index contributed by atoms with van der Waals surface area (Å²) >= 11 is 0. The van der Waals surface area contributed by atoms with E-state index < -0.39 is 0 Å². The molecule has 0 aromatic carbocycles. The van der Waals surface area contributed by atoms with Crippen LogP contribution < -0.4 is 0 Å². The van der Waals surface area contributed by atoms with E-state index in [0.29, 0.717) is 7.18 Å². The zero-order chi connectivity index (χ0) is 7.82. The summed E-state index contributed by atoms with van der Waals surface area (Å²) in [6.45, 7) is 6.28. The van der Waals surface area contributed by atoms with Crippen molar-refractivity contribution in [1.29, 1.82) is 0 Å². The van der Waals surface area contributed by atoms with E-state index in [0.717, 1.165) is 0 Å². The molecule has 62 valence electrons. The lowest BCUT2D eigenvalue weighted by atomic mass is 10.4. The molecule has 0 radical (unpaired) electrons. The second-order valence-corrected chi connectivity index (χ2v) is 2.55. The Labute approximate surface area is 63.2 Å². The molecule has 0 amide bonds. The van der Waals surface area contributed by atoms with Gasteiger partial charge in [0.1, 0.15) is 0 Å². The van der Waals surface area contributed by atoms with E-state index in [1.807, 2.05) is 0 Å². The molecule has 1 aliphatic heterocycles. The molecule has 1 nitrogen and oxygen atoms in total. The fourth-order valence-electron chi connectivity index (χ4n) is 1.32. The van der Waals surface area contributed by atoms with Gasteiger partial charge in [-0.25, -0.2) is 0 Å². The molecular weight excluding hydrogens is 129 g/mol. The lowest BCUT2D eigenvalue weighted by Crippen LogP contribution is -2.19. The Hall–Kier alpha value is -0.110. The van der Waals surface area contributed by atoms with Crippen molar-refractivity contribution in [2.45, 2.75) is 26.2 Å². The van der Waals surface area contributed by atoms with E-state index in [2.05, 4.69) is 11.8 Å². The summed E-state index contributed by atoms with van der Waals surface area (Å²) in [4.78, 5) is 2.54. The van der Waals surface area contributed by atoms with Gasteiger partial charge >= 0.3 is 0 Å². The van der Waals surface area contributed by atoms with Gasteiger partial charge in [0.25, 0.3) is 0 Å². The zero-order valence-corrected chi connectivity index (χ0v) is 7.07. The van der Waals surface area contributed by atoms with Crippen molar-refractivity contribution in [1.82, 2.24) is 4.90 Å².